The molecule has 3 aromatic carbocycles. The summed E-state index contributed by atoms with van der Waals surface area (Å²) >= 11 is 0. The average Bonchev–Trinajstić information content (AvgIpc) is 3.00. The molecule has 1 aliphatic rings. The van der Waals surface area contributed by atoms with Crippen LogP contribution in [-0.2, 0) is 19.1 Å². The molecule has 0 spiro atoms. The van der Waals surface area contributed by atoms with Crippen LogP contribution in [0.2, 0.25) is 0 Å². The third kappa shape index (κ3) is 15.8. The van der Waals surface area contributed by atoms with Crippen LogP contribution in [0.3, 0.4) is 0 Å². The number of aldehydes is 1. The van der Waals surface area contributed by atoms with Gasteiger partial charge in [-0.15, -0.1) is 0 Å². The van der Waals surface area contributed by atoms with Crippen molar-refractivity contribution in [2.45, 2.75) is 32.3 Å². The van der Waals surface area contributed by atoms with Crippen molar-refractivity contribution in [3.8, 4) is 17.2 Å². The molecular weight excluding hydrogens is 683 g/mol. The number of halogens is 9. The first-order valence-corrected chi connectivity index (χ1v) is 13.5. The first kappa shape index (κ1) is 41.5. The fourth-order valence-electron chi connectivity index (χ4n) is 3.23. The highest BCUT2D eigenvalue weighted by molar-refractivity contribution is 5.96. The van der Waals surface area contributed by atoms with Crippen molar-refractivity contribution in [3.05, 3.63) is 107 Å². The van der Waals surface area contributed by atoms with E-state index in [-0.39, 0.29) is 47.7 Å². The van der Waals surface area contributed by atoms with Gasteiger partial charge in [0.1, 0.15) is 34.7 Å². The van der Waals surface area contributed by atoms with Crippen LogP contribution >= 0.6 is 0 Å². The summed E-state index contributed by atoms with van der Waals surface area (Å²) in [7, 11) is 0. The van der Waals surface area contributed by atoms with E-state index in [1.807, 2.05) is 0 Å². The Morgan fingerprint density at radius 3 is 1.92 bits per heavy atom. The largest absolute Gasteiger partial charge is 0.508 e. The van der Waals surface area contributed by atoms with Gasteiger partial charge in [-0.1, -0.05) is 6.07 Å². The molecule has 17 heteroatoms. The second-order valence-electron chi connectivity index (χ2n) is 8.97. The molecule has 1 aliphatic heterocycles. The van der Waals surface area contributed by atoms with Crippen LogP contribution in [0.1, 0.15) is 29.8 Å². The molecule has 8 nitrogen and oxygen atoms in total. The summed E-state index contributed by atoms with van der Waals surface area (Å²) in [6, 6.07) is 11.6. The Morgan fingerprint density at radius 2 is 1.43 bits per heavy atom. The van der Waals surface area contributed by atoms with E-state index in [9.17, 15) is 53.9 Å². The molecule has 0 bridgehead atoms. The SMILES string of the molecule is CCOC(=O)/C=C/C(F)(F)F.CCOC(=O)C1=Cc2ccc(F)cc2OC1C(F)(F)F.O=Cc1ccc(F)cc1O.Oc1cccc(F)c1. The molecule has 0 fully saturated rings. The van der Waals surface area contributed by atoms with Crippen LogP contribution in [-0.4, -0.2) is 60.1 Å². The highest BCUT2D eigenvalue weighted by Crippen LogP contribution is 2.37. The lowest BCUT2D eigenvalue weighted by Crippen LogP contribution is -2.40. The van der Waals surface area contributed by atoms with Gasteiger partial charge in [0.25, 0.3) is 0 Å². The zero-order valence-electron chi connectivity index (χ0n) is 25.3. The molecule has 0 amide bonds. The number of carbonyl (C=O) groups excluding carboxylic acids is 3. The Labute approximate surface area is 272 Å². The molecule has 0 saturated heterocycles. The van der Waals surface area contributed by atoms with E-state index in [2.05, 4.69) is 9.47 Å². The van der Waals surface area contributed by atoms with E-state index in [0.717, 1.165) is 36.4 Å². The molecule has 4 rings (SSSR count). The molecule has 0 radical (unpaired) electrons. The first-order chi connectivity index (χ1) is 22.8. The molecule has 0 aromatic heterocycles. The Hall–Kier alpha value is -5.48. The number of phenolic OH excluding ortho intramolecular Hbond substituents is 2. The second kappa shape index (κ2) is 19.4. The Kier molecular flexibility index (Phi) is 16.4. The van der Waals surface area contributed by atoms with Crippen molar-refractivity contribution in [1.82, 2.24) is 0 Å². The van der Waals surface area contributed by atoms with Crippen LogP contribution in [0.25, 0.3) is 6.08 Å². The molecule has 3 aromatic rings. The van der Waals surface area contributed by atoms with Crippen LogP contribution in [0.15, 0.2) is 78.4 Å². The highest BCUT2D eigenvalue weighted by atomic mass is 19.4. The number of aromatic hydroxyl groups is 2. The van der Waals surface area contributed by atoms with E-state index < -0.39 is 53.4 Å². The zero-order valence-corrected chi connectivity index (χ0v) is 25.3. The second-order valence-corrected chi connectivity index (χ2v) is 8.97. The van der Waals surface area contributed by atoms with Gasteiger partial charge in [-0.05, 0) is 56.3 Å². The number of phenols is 2. The topological polar surface area (TPSA) is 119 Å². The standard InChI is InChI=1S/C13H10F4O3.C7H5FO2.C6H7F3O2.C6H5FO/c1-2-19-12(18)9-5-7-3-4-8(14)6-10(7)20-11(9)13(15,16)17;8-6-2-1-5(4-9)7(10)3-6;1-2-11-5(10)3-4-6(7,8)9;7-5-2-1-3-6(8)4-5/h3-6,11H,2H2,1H3;1-4,10H;3-4H,2H2,1H3;1-4,8H/b;;4-3+;. The molecule has 0 saturated carbocycles. The maximum absolute atomic E-state index is 13.0. The van der Waals surface area contributed by atoms with Crippen LogP contribution in [0, 0.1) is 17.5 Å². The summed E-state index contributed by atoms with van der Waals surface area (Å²) in [6.07, 6.45) is -10.1. The maximum Gasteiger partial charge on any atom is 0.430 e. The van der Waals surface area contributed by atoms with Crippen LogP contribution in [0.5, 0.6) is 17.2 Å². The number of ether oxygens (including phenoxy) is 3. The minimum absolute atomic E-state index is 0.0370. The number of hydrogen-bond donors (Lipinski definition) is 2. The fourth-order valence-corrected chi connectivity index (χ4v) is 3.23. The van der Waals surface area contributed by atoms with Crippen LogP contribution < -0.4 is 4.74 Å². The van der Waals surface area contributed by atoms with Crippen molar-refractivity contribution >= 4 is 24.3 Å². The number of benzene rings is 3. The van der Waals surface area contributed by atoms with Gasteiger partial charge in [0, 0.05) is 35.9 Å². The third-order valence-corrected chi connectivity index (χ3v) is 5.24. The van der Waals surface area contributed by atoms with E-state index in [0.29, 0.717) is 12.4 Å². The van der Waals surface area contributed by atoms with Crippen molar-refractivity contribution in [1.29, 1.82) is 0 Å². The fraction of sp³-hybridized carbons (Fsp3) is 0.219. The monoisotopic (exact) mass is 710 g/mol. The highest BCUT2D eigenvalue weighted by Gasteiger charge is 2.48. The molecule has 1 heterocycles. The minimum Gasteiger partial charge on any atom is -0.508 e. The number of carbonyl (C=O) groups is 3. The molecule has 1 atom stereocenters. The molecule has 266 valence electrons. The van der Waals surface area contributed by atoms with Gasteiger partial charge >= 0.3 is 24.3 Å². The van der Waals surface area contributed by atoms with Gasteiger partial charge in [0.2, 0.25) is 6.10 Å². The summed E-state index contributed by atoms with van der Waals surface area (Å²) in [6.45, 7) is 3.01. The van der Waals surface area contributed by atoms with Gasteiger partial charge in [0.05, 0.1) is 24.4 Å². The molecule has 0 aliphatic carbocycles. The van der Waals surface area contributed by atoms with Crippen molar-refractivity contribution in [2.75, 3.05) is 13.2 Å². The first-order valence-electron chi connectivity index (χ1n) is 13.5. The number of esters is 2. The number of hydrogen-bond acceptors (Lipinski definition) is 8. The van der Waals surface area contributed by atoms with Crippen molar-refractivity contribution in [2.24, 2.45) is 0 Å². The summed E-state index contributed by atoms with van der Waals surface area (Å²) in [5.41, 5.74) is -0.366. The Bertz CT molecular complexity index is 1600. The predicted octanol–water partition coefficient (Wildman–Crippen LogP) is 7.64. The van der Waals surface area contributed by atoms with Gasteiger partial charge in [-0.25, -0.2) is 22.8 Å². The summed E-state index contributed by atoms with van der Waals surface area (Å²) in [4.78, 5) is 31.9. The molecule has 49 heavy (non-hydrogen) atoms. The van der Waals surface area contributed by atoms with E-state index in [1.54, 1.807) is 0 Å². The molecular formula is C32H27F9O8. The van der Waals surface area contributed by atoms with Gasteiger partial charge in [-0.3, -0.25) is 4.79 Å². The lowest BCUT2D eigenvalue weighted by molar-refractivity contribution is -0.187. The number of rotatable bonds is 5. The summed E-state index contributed by atoms with van der Waals surface area (Å²) in [5, 5.41) is 17.4. The lowest BCUT2D eigenvalue weighted by Gasteiger charge is -2.27. The lowest BCUT2D eigenvalue weighted by atomic mass is 10.0. The van der Waals surface area contributed by atoms with E-state index in [4.69, 9.17) is 14.9 Å². The van der Waals surface area contributed by atoms with E-state index in [1.165, 1.54) is 44.2 Å². The Balaban J connectivity index is 0.000000353. The quantitative estimate of drug-likeness (QED) is 0.120. The number of fused-ring (bicyclic) bond motifs is 1. The maximum atomic E-state index is 13.0. The van der Waals surface area contributed by atoms with Crippen molar-refractivity contribution < 1.29 is 78.3 Å². The number of alkyl halides is 6. The zero-order chi connectivity index (χ0) is 37.4. The number of allylic oxidation sites excluding steroid dienone is 1. The summed E-state index contributed by atoms with van der Waals surface area (Å²) < 4.78 is 124. The van der Waals surface area contributed by atoms with Gasteiger partial charge < -0.3 is 24.4 Å². The molecule has 1 unspecified atom stereocenters. The average molecular weight is 711 g/mol. The molecule has 2 N–H and O–H groups in total. The minimum atomic E-state index is -4.80. The van der Waals surface area contributed by atoms with Crippen LogP contribution in [0.4, 0.5) is 39.5 Å². The van der Waals surface area contributed by atoms with Crippen molar-refractivity contribution in [3.63, 3.8) is 0 Å². The predicted molar refractivity (Wildman–Crippen MR) is 155 cm³/mol. The third-order valence-electron chi connectivity index (χ3n) is 5.24. The Morgan fingerprint density at radius 1 is 0.837 bits per heavy atom. The van der Waals surface area contributed by atoms with E-state index >= 15 is 0 Å². The normalized spacial score (nSPS) is 13.4. The smallest absolute Gasteiger partial charge is 0.430 e. The van der Waals surface area contributed by atoms with Gasteiger partial charge in [0.15, 0.2) is 6.29 Å². The van der Waals surface area contributed by atoms with Gasteiger partial charge in [-0.2, -0.15) is 26.3 Å². The summed E-state index contributed by atoms with van der Waals surface area (Å²) in [5.74, 6) is -4.40.